The second-order valence-corrected chi connectivity index (χ2v) is 7.13. The molecule has 1 aromatic heterocycles. The molecule has 0 aliphatic rings. The fourth-order valence-corrected chi connectivity index (χ4v) is 2.50. The number of carboxylic acids is 1. The molecule has 8 nitrogen and oxygen atoms in total. The summed E-state index contributed by atoms with van der Waals surface area (Å²) in [6.45, 7) is 4.59. The SMILES string of the molecule is CC(C)(C)OC(=O)CO/N=C(\C(=O)O)c1nc(N)sc1Br. The Bertz CT molecular complexity index is 579. The van der Waals surface area contributed by atoms with Crippen LogP contribution in [0.25, 0.3) is 0 Å². The van der Waals surface area contributed by atoms with Gasteiger partial charge in [0.1, 0.15) is 15.1 Å². The number of hydrogen-bond donors (Lipinski definition) is 2. The van der Waals surface area contributed by atoms with Crippen molar-refractivity contribution < 1.29 is 24.3 Å². The largest absolute Gasteiger partial charge is 0.476 e. The maximum atomic E-state index is 11.4. The molecule has 0 saturated heterocycles. The van der Waals surface area contributed by atoms with E-state index in [1.54, 1.807) is 20.8 Å². The summed E-state index contributed by atoms with van der Waals surface area (Å²) in [5, 5.41) is 12.7. The molecule has 0 fully saturated rings. The average molecular weight is 380 g/mol. The highest BCUT2D eigenvalue weighted by molar-refractivity contribution is 9.11. The van der Waals surface area contributed by atoms with Crippen LogP contribution in [-0.2, 0) is 19.2 Å². The predicted molar refractivity (Wildman–Crippen MR) is 80.2 cm³/mol. The van der Waals surface area contributed by atoms with Crippen molar-refractivity contribution in [2.75, 3.05) is 12.3 Å². The monoisotopic (exact) mass is 379 g/mol. The second kappa shape index (κ2) is 6.85. The number of thiazole rings is 1. The van der Waals surface area contributed by atoms with Crippen molar-refractivity contribution in [3.05, 3.63) is 9.48 Å². The number of aromatic nitrogens is 1. The topological polar surface area (TPSA) is 124 Å². The van der Waals surface area contributed by atoms with Crippen molar-refractivity contribution in [1.29, 1.82) is 0 Å². The van der Waals surface area contributed by atoms with Gasteiger partial charge in [-0.25, -0.2) is 14.6 Å². The summed E-state index contributed by atoms with van der Waals surface area (Å²) < 4.78 is 5.39. The molecule has 116 valence electrons. The van der Waals surface area contributed by atoms with Crippen LogP contribution in [0.2, 0.25) is 0 Å². The van der Waals surface area contributed by atoms with Crippen molar-refractivity contribution in [3.8, 4) is 0 Å². The first-order valence-electron chi connectivity index (χ1n) is 5.67. The molecule has 0 spiro atoms. The smallest absolute Gasteiger partial charge is 0.360 e. The zero-order chi connectivity index (χ0) is 16.2. The number of oxime groups is 1. The van der Waals surface area contributed by atoms with Gasteiger partial charge in [0.2, 0.25) is 12.3 Å². The van der Waals surface area contributed by atoms with Crippen LogP contribution in [0.5, 0.6) is 0 Å². The standard InChI is InChI=1S/C11H14BrN3O5S/c1-11(2,3)20-5(16)4-19-15-7(9(17)18)6-8(12)21-10(13)14-6/h4H2,1-3H3,(H2,13,14)(H,17,18)/b15-7-. The lowest BCUT2D eigenvalue weighted by Gasteiger charge is -2.18. The number of carbonyl (C=O) groups excluding carboxylic acids is 1. The van der Waals surface area contributed by atoms with Gasteiger partial charge in [-0.1, -0.05) is 16.5 Å². The summed E-state index contributed by atoms with van der Waals surface area (Å²) in [6.07, 6.45) is 0. The quantitative estimate of drug-likeness (QED) is 0.452. The number of nitrogen functional groups attached to an aromatic ring is 1. The van der Waals surface area contributed by atoms with Crippen LogP contribution in [0.4, 0.5) is 5.13 Å². The van der Waals surface area contributed by atoms with Gasteiger partial charge in [-0.05, 0) is 36.7 Å². The highest BCUT2D eigenvalue weighted by Gasteiger charge is 2.22. The second-order valence-electron chi connectivity index (χ2n) is 4.78. The normalized spacial score (nSPS) is 12.1. The molecule has 0 aliphatic carbocycles. The van der Waals surface area contributed by atoms with Gasteiger partial charge in [-0.3, -0.25) is 0 Å². The van der Waals surface area contributed by atoms with Gasteiger partial charge in [0.25, 0.3) is 0 Å². The molecule has 0 radical (unpaired) electrons. The summed E-state index contributed by atoms with van der Waals surface area (Å²) in [5.41, 5.74) is 4.39. The fourth-order valence-electron chi connectivity index (χ4n) is 1.17. The number of hydrogen-bond acceptors (Lipinski definition) is 8. The average Bonchev–Trinajstić information content (AvgIpc) is 2.61. The molecule has 1 rings (SSSR count). The van der Waals surface area contributed by atoms with Gasteiger partial charge in [-0.15, -0.1) is 0 Å². The minimum atomic E-state index is -1.36. The molecular weight excluding hydrogens is 366 g/mol. The Balaban J connectivity index is 2.77. The Hall–Kier alpha value is -1.68. The van der Waals surface area contributed by atoms with Gasteiger partial charge >= 0.3 is 11.9 Å². The fraction of sp³-hybridized carbons (Fsp3) is 0.455. The number of carboxylic acid groups (broad SMARTS) is 1. The van der Waals surface area contributed by atoms with Crippen LogP contribution in [0.1, 0.15) is 26.5 Å². The number of halogens is 1. The first kappa shape index (κ1) is 17.4. The molecule has 0 saturated carbocycles. The first-order valence-corrected chi connectivity index (χ1v) is 7.28. The van der Waals surface area contributed by atoms with Crippen molar-refractivity contribution in [2.24, 2.45) is 5.16 Å². The van der Waals surface area contributed by atoms with Crippen molar-refractivity contribution >= 4 is 50.0 Å². The number of aliphatic carboxylic acids is 1. The molecule has 0 aliphatic heterocycles. The lowest BCUT2D eigenvalue weighted by Crippen LogP contribution is -2.26. The summed E-state index contributed by atoms with van der Waals surface area (Å²) >= 11 is 4.19. The lowest BCUT2D eigenvalue weighted by molar-refractivity contribution is -0.160. The van der Waals surface area contributed by atoms with Gasteiger partial charge < -0.3 is 20.4 Å². The molecule has 0 amide bonds. The van der Waals surface area contributed by atoms with Crippen molar-refractivity contribution in [3.63, 3.8) is 0 Å². The third-order valence-corrected chi connectivity index (χ3v) is 3.32. The van der Waals surface area contributed by atoms with Crippen LogP contribution in [0.3, 0.4) is 0 Å². The number of esters is 1. The van der Waals surface area contributed by atoms with Crippen LogP contribution >= 0.6 is 27.3 Å². The van der Waals surface area contributed by atoms with Crippen molar-refractivity contribution in [1.82, 2.24) is 4.98 Å². The van der Waals surface area contributed by atoms with E-state index < -0.39 is 29.9 Å². The lowest BCUT2D eigenvalue weighted by atomic mass is 10.2. The van der Waals surface area contributed by atoms with Crippen LogP contribution < -0.4 is 5.73 Å². The molecule has 21 heavy (non-hydrogen) atoms. The highest BCUT2D eigenvalue weighted by Crippen LogP contribution is 2.27. The molecule has 1 heterocycles. The van der Waals surface area contributed by atoms with Gasteiger partial charge in [0.15, 0.2) is 5.13 Å². The molecule has 10 heteroatoms. The Morgan fingerprint density at radius 1 is 1.48 bits per heavy atom. The van der Waals surface area contributed by atoms with E-state index in [1.807, 2.05) is 0 Å². The molecule has 0 bridgehead atoms. The molecular formula is C11H14BrN3O5S. The Morgan fingerprint density at radius 2 is 2.10 bits per heavy atom. The van der Waals surface area contributed by atoms with Gasteiger partial charge in [0.05, 0.1) is 0 Å². The Labute approximate surface area is 133 Å². The number of carbonyl (C=O) groups is 2. The molecule has 0 unspecified atom stereocenters. The predicted octanol–water partition coefficient (Wildman–Crippen LogP) is 1.63. The maximum absolute atomic E-state index is 11.4. The van der Waals surface area contributed by atoms with E-state index in [0.29, 0.717) is 3.79 Å². The number of anilines is 1. The Morgan fingerprint density at radius 3 is 2.52 bits per heavy atom. The van der Waals surface area contributed by atoms with E-state index in [2.05, 4.69) is 26.1 Å². The number of rotatable bonds is 5. The summed E-state index contributed by atoms with van der Waals surface area (Å²) in [7, 11) is 0. The van der Waals surface area contributed by atoms with Crippen LogP contribution in [0, 0.1) is 0 Å². The zero-order valence-electron chi connectivity index (χ0n) is 11.5. The number of nitrogens with two attached hydrogens (primary N) is 1. The molecule has 0 aromatic carbocycles. The van der Waals surface area contributed by atoms with E-state index in [1.165, 1.54) is 0 Å². The van der Waals surface area contributed by atoms with E-state index >= 15 is 0 Å². The Kier molecular flexibility index (Phi) is 5.67. The minimum Gasteiger partial charge on any atom is -0.476 e. The van der Waals surface area contributed by atoms with E-state index in [9.17, 15) is 9.59 Å². The maximum Gasteiger partial charge on any atom is 0.360 e. The third-order valence-electron chi connectivity index (χ3n) is 1.79. The molecule has 0 atom stereocenters. The van der Waals surface area contributed by atoms with Gasteiger partial charge in [0, 0.05) is 0 Å². The van der Waals surface area contributed by atoms with Crippen LogP contribution in [-0.4, -0.2) is 39.9 Å². The van der Waals surface area contributed by atoms with Crippen LogP contribution in [0.15, 0.2) is 8.94 Å². The molecule has 3 N–H and O–H groups in total. The summed E-state index contributed by atoms with van der Waals surface area (Å²) in [5.74, 6) is -2.02. The van der Waals surface area contributed by atoms with E-state index in [4.69, 9.17) is 20.4 Å². The van der Waals surface area contributed by atoms with E-state index in [-0.39, 0.29) is 10.8 Å². The first-order chi connectivity index (χ1) is 9.60. The third kappa shape index (κ3) is 5.68. The number of ether oxygens (including phenoxy) is 1. The van der Waals surface area contributed by atoms with E-state index in [0.717, 1.165) is 11.3 Å². The highest BCUT2D eigenvalue weighted by atomic mass is 79.9. The summed E-state index contributed by atoms with van der Waals surface area (Å²) in [6, 6.07) is 0. The zero-order valence-corrected chi connectivity index (χ0v) is 13.9. The number of nitrogens with zero attached hydrogens (tertiary/aromatic N) is 2. The summed E-state index contributed by atoms with van der Waals surface area (Å²) in [4.78, 5) is 31.1. The molecule has 1 aromatic rings. The van der Waals surface area contributed by atoms with Gasteiger partial charge in [-0.2, -0.15) is 0 Å². The minimum absolute atomic E-state index is 0.0363. The van der Waals surface area contributed by atoms with Crippen molar-refractivity contribution in [2.45, 2.75) is 26.4 Å².